The molecule has 1 saturated heterocycles. The molecule has 15 nitrogen and oxygen atoms in total. The molecule has 0 bridgehead atoms. The summed E-state index contributed by atoms with van der Waals surface area (Å²) in [6.45, 7) is 2.70. The van der Waals surface area contributed by atoms with E-state index >= 15 is 0 Å². The summed E-state index contributed by atoms with van der Waals surface area (Å²) < 4.78 is 53.6. The van der Waals surface area contributed by atoms with E-state index < -0.39 is 78.5 Å². The summed E-state index contributed by atoms with van der Waals surface area (Å²) in [6, 6.07) is 36.2. The molecule has 1 aliphatic rings. The van der Waals surface area contributed by atoms with Crippen LogP contribution in [0.25, 0.3) is 11.0 Å². The Bertz CT molecular complexity index is 2630. The Balaban J connectivity index is 1.33. The number of carbonyl (C=O) groups excluding carboxylic acids is 5. The number of esters is 5. The molecule has 0 unspecified atom stereocenters. The van der Waals surface area contributed by atoms with Crippen molar-refractivity contribution in [3.05, 3.63) is 172 Å². The second-order valence-corrected chi connectivity index (χ2v) is 14.3. The minimum absolute atomic E-state index is 0.0194. The van der Waals surface area contributed by atoms with Crippen LogP contribution in [0.5, 0.6) is 17.2 Å². The lowest BCUT2D eigenvalue weighted by atomic mass is 9.97. The molecule has 5 atom stereocenters. The van der Waals surface area contributed by atoms with E-state index in [0.29, 0.717) is 6.42 Å². The van der Waals surface area contributed by atoms with Crippen molar-refractivity contribution in [2.75, 3.05) is 13.2 Å². The van der Waals surface area contributed by atoms with Gasteiger partial charge >= 0.3 is 35.5 Å². The topological polar surface area (TPSA) is 189 Å². The maximum absolute atomic E-state index is 14.0. The quantitative estimate of drug-likeness (QED) is 0.0401. The summed E-state index contributed by atoms with van der Waals surface area (Å²) in [4.78, 5) is 80.3. The number of rotatable bonds is 16. The van der Waals surface area contributed by atoms with Gasteiger partial charge in [-0.15, -0.1) is 0 Å². The Morgan fingerprint density at radius 2 is 1.09 bits per heavy atom. The van der Waals surface area contributed by atoms with Crippen LogP contribution in [-0.4, -0.2) is 73.8 Å². The predicted molar refractivity (Wildman–Crippen MR) is 227 cm³/mol. The minimum atomic E-state index is -1.70. The molecule has 0 amide bonds. The minimum Gasteiger partial charge on any atom is -0.489 e. The van der Waals surface area contributed by atoms with Crippen LogP contribution < -0.4 is 19.8 Å². The first kappa shape index (κ1) is 44.3. The van der Waals surface area contributed by atoms with Crippen LogP contribution in [0, 0.1) is 0 Å². The molecular weight excluding hydrogens is 829 g/mol. The predicted octanol–water partition coefficient (Wildman–Crippen LogP) is 7.53. The molecule has 0 N–H and O–H groups in total. The summed E-state index contributed by atoms with van der Waals surface area (Å²) in [5.41, 5.74) is -0.510. The van der Waals surface area contributed by atoms with Crippen molar-refractivity contribution >= 4 is 40.8 Å². The van der Waals surface area contributed by atoms with Crippen molar-refractivity contribution in [1.82, 2.24) is 0 Å². The van der Waals surface area contributed by atoms with Gasteiger partial charge in [0.25, 0.3) is 5.75 Å². The Kier molecular flexibility index (Phi) is 14.4. The van der Waals surface area contributed by atoms with E-state index in [1.807, 2.05) is 6.92 Å². The molecule has 2 heterocycles. The van der Waals surface area contributed by atoms with E-state index in [1.165, 1.54) is 54.6 Å². The van der Waals surface area contributed by atoms with E-state index in [0.717, 1.165) is 13.3 Å². The van der Waals surface area contributed by atoms with Gasteiger partial charge in [-0.1, -0.05) is 86.1 Å². The number of carbonyl (C=O) groups is 5. The number of hydrogen-bond acceptors (Lipinski definition) is 15. The first-order chi connectivity index (χ1) is 31.1. The summed E-state index contributed by atoms with van der Waals surface area (Å²) in [5, 5.41) is 0.254. The van der Waals surface area contributed by atoms with Crippen LogP contribution in [-0.2, 0) is 28.5 Å². The third-order valence-electron chi connectivity index (χ3n) is 9.77. The van der Waals surface area contributed by atoms with Gasteiger partial charge in [-0.3, -0.25) is 4.79 Å². The molecule has 7 rings (SSSR count). The fourth-order valence-corrected chi connectivity index (χ4v) is 6.66. The van der Waals surface area contributed by atoms with Gasteiger partial charge in [-0.2, -0.15) is 0 Å². The number of unbranched alkanes of at least 4 members (excludes halogenated alkanes) is 1. The van der Waals surface area contributed by atoms with Crippen molar-refractivity contribution < 1.29 is 66.3 Å². The Labute approximate surface area is 366 Å². The lowest BCUT2D eigenvalue weighted by Gasteiger charge is -2.44. The average Bonchev–Trinajstić information content (AvgIpc) is 3.31. The van der Waals surface area contributed by atoms with E-state index in [1.54, 1.807) is 84.9 Å². The van der Waals surface area contributed by atoms with Gasteiger partial charge in [0.15, 0.2) is 18.0 Å². The van der Waals surface area contributed by atoms with Gasteiger partial charge in [0.2, 0.25) is 12.4 Å². The number of benzene rings is 5. The highest BCUT2D eigenvalue weighted by Gasteiger charge is 2.54. The third kappa shape index (κ3) is 10.8. The summed E-state index contributed by atoms with van der Waals surface area (Å²) >= 11 is 0. The fraction of sp³-hybridized carbons (Fsp3) is 0.224. The van der Waals surface area contributed by atoms with Crippen molar-refractivity contribution in [2.24, 2.45) is 0 Å². The monoisotopic (exact) mass is 870 g/mol. The molecular formula is C49H42O15. The zero-order valence-corrected chi connectivity index (χ0v) is 34.6. The van der Waals surface area contributed by atoms with Gasteiger partial charge in [-0.05, 0) is 67.1 Å². The molecule has 1 aliphatic heterocycles. The van der Waals surface area contributed by atoms with Gasteiger partial charge in [0.1, 0.15) is 24.0 Å². The van der Waals surface area contributed by atoms with Gasteiger partial charge in [0.05, 0.1) is 34.2 Å². The number of fused-ring (bicyclic) bond motifs is 1. The zero-order valence-electron chi connectivity index (χ0n) is 34.6. The maximum atomic E-state index is 14.0. The molecule has 0 radical (unpaired) electrons. The lowest BCUT2D eigenvalue weighted by Crippen LogP contribution is -2.63. The van der Waals surface area contributed by atoms with Crippen LogP contribution >= 0.6 is 0 Å². The second kappa shape index (κ2) is 20.9. The first-order valence-electron chi connectivity index (χ1n) is 20.3. The highest BCUT2D eigenvalue weighted by molar-refractivity contribution is 5.92. The molecule has 328 valence electrons. The van der Waals surface area contributed by atoms with Crippen molar-refractivity contribution in [1.29, 1.82) is 0 Å². The first-order valence-corrected chi connectivity index (χ1v) is 20.3. The normalized spacial score (nSPS) is 17.9. The van der Waals surface area contributed by atoms with Crippen molar-refractivity contribution in [3.8, 4) is 17.2 Å². The summed E-state index contributed by atoms with van der Waals surface area (Å²) in [5.74, 6) is -4.63. The Morgan fingerprint density at radius 3 is 1.61 bits per heavy atom. The fourth-order valence-electron chi connectivity index (χ4n) is 6.66. The smallest absolute Gasteiger partial charge is 0.383 e. The van der Waals surface area contributed by atoms with E-state index in [2.05, 4.69) is 0 Å². The Hall–Kier alpha value is -7.78. The largest absolute Gasteiger partial charge is 0.489 e. The highest BCUT2D eigenvalue weighted by Crippen LogP contribution is 2.37. The van der Waals surface area contributed by atoms with Crippen molar-refractivity contribution in [2.45, 2.75) is 57.4 Å². The van der Waals surface area contributed by atoms with Crippen molar-refractivity contribution in [3.63, 3.8) is 0 Å². The van der Waals surface area contributed by atoms with Gasteiger partial charge < -0.3 is 42.3 Å². The molecule has 64 heavy (non-hydrogen) atoms. The van der Waals surface area contributed by atoms with Crippen LogP contribution in [0.1, 0.15) is 68.1 Å². The van der Waals surface area contributed by atoms with E-state index in [9.17, 15) is 28.8 Å². The third-order valence-corrected chi connectivity index (χ3v) is 9.77. The molecule has 0 saturated carbocycles. The zero-order chi connectivity index (χ0) is 45.0. The Morgan fingerprint density at radius 1 is 0.594 bits per heavy atom. The molecule has 5 aromatic carbocycles. The summed E-state index contributed by atoms with van der Waals surface area (Å²) in [7, 11) is 0. The van der Waals surface area contributed by atoms with Gasteiger partial charge in [0, 0.05) is 13.0 Å². The molecule has 1 fully saturated rings. The standard InChI is InChI=1S/C49H42O15/c1-3-4-27-56-39-36-26-25-35(28-37(36)60-48(55)42(39)58-30(2)50)59-49-43(64-47(54)34-23-15-8-16-24-34)41(63-46(53)33-21-13-7-14-22-33)40(62-45(52)32-19-11-6-12-20-32)38(61-49)29-57-44(51)31-17-9-5-10-18-31/h5-26,28,38,40-41,43,49H,3-4,27,29H2,1-2H3/t38-,40-,41+,43+,49+/m1/s1. The highest BCUT2D eigenvalue weighted by atomic mass is 16.7. The maximum Gasteiger partial charge on any atom is 0.383 e. The number of ether oxygens (including phenoxy) is 8. The van der Waals surface area contributed by atoms with Crippen LogP contribution in [0.4, 0.5) is 0 Å². The number of hydrogen-bond donors (Lipinski definition) is 0. The SMILES string of the molecule is CCCCOc1c(OC(C)=O)c(=O)oc2cc(O[C@H]3O[C@H](COC(=O)c4ccccc4)[C@@H](OC(=O)c4ccccc4)[C@H](OC(=O)c4ccccc4)[C@@H]3OC(=O)c3ccccc3)ccc12. The molecule has 0 aliphatic carbocycles. The average molecular weight is 871 g/mol. The van der Waals surface area contributed by atoms with Crippen LogP contribution in [0.3, 0.4) is 0 Å². The molecule has 0 spiro atoms. The molecule has 6 aromatic rings. The molecule has 15 heteroatoms. The van der Waals surface area contributed by atoms with E-state index in [4.69, 9.17) is 42.3 Å². The second-order valence-electron chi connectivity index (χ2n) is 14.3. The van der Waals surface area contributed by atoms with Gasteiger partial charge in [-0.25, -0.2) is 24.0 Å². The van der Waals surface area contributed by atoms with E-state index in [-0.39, 0.29) is 51.3 Å². The molecule has 1 aromatic heterocycles. The lowest BCUT2D eigenvalue weighted by molar-refractivity contribution is -0.275. The van der Waals surface area contributed by atoms with Crippen LogP contribution in [0.15, 0.2) is 149 Å². The summed E-state index contributed by atoms with van der Waals surface area (Å²) in [6.07, 6.45) is -6.71. The van der Waals surface area contributed by atoms with Crippen LogP contribution in [0.2, 0.25) is 0 Å².